The van der Waals surface area contributed by atoms with Crippen LogP contribution in [0.4, 0.5) is 13.2 Å². The fourth-order valence-corrected chi connectivity index (χ4v) is 3.58. The van der Waals surface area contributed by atoms with Crippen molar-refractivity contribution in [3.05, 3.63) is 41.7 Å². The minimum atomic E-state index is -4.43. The number of carbonyl (C=O) groups excluding carboxylic acids is 1. The number of hydrogen-bond acceptors (Lipinski definition) is 4. The molecule has 28 heavy (non-hydrogen) atoms. The third-order valence-electron chi connectivity index (χ3n) is 4.16. The molecule has 2 aromatic rings. The molecule has 154 valence electrons. The summed E-state index contributed by atoms with van der Waals surface area (Å²) in [6.45, 7) is 1.26. The van der Waals surface area contributed by atoms with E-state index in [0.717, 1.165) is 29.6 Å². The zero-order valence-electron chi connectivity index (χ0n) is 16.1. The molecule has 0 bridgehead atoms. The lowest BCUT2D eigenvalue weighted by atomic mass is 10.2. The molecule has 1 aromatic carbocycles. The molecular weight excluding hydrogens is 391 g/mol. The van der Waals surface area contributed by atoms with E-state index in [1.807, 2.05) is 54.3 Å². The summed E-state index contributed by atoms with van der Waals surface area (Å²) < 4.78 is 38.7. The van der Waals surface area contributed by atoms with Crippen LogP contribution in [-0.2, 0) is 11.3 Å². The second-order valence-corrected chi connectivity index (χ2v) is 7.57. The monoisotopic (exact) mass is 416 g/mol. The number of hydrogen-bond donors (Lipinski definition) is 2. The van der Waals surface area contributed by atoms with Gasteiger partial charge >= 0.3 is 6.18 Å². The standard InChI is InChI=1S/C18H24F3N5OS/c1-4-14(25(2)3)16-23-24-17(26(16)10-13-8-6-5-7-9-13)28-11-15(27)22-12-18(19,20)21/h5-9,14H,4,10-12H2,1-3H3,(H,22,27)/p+1/t14-/m1/s1. The summed E-state index contributed by atoms with van der Waals surface area (Å²) in [6.07, 6.45) is -3.57. The van der Waals surface area contributed by atoms with Crippen LogP contribution in [0.3, 0.4) is 0 Å². The first-order valence-corrected chi connectivity index (χ1v) is 9.93. The number of amides is 1. The molecule has 0 radical (unpaired) electrons. The van der Waals surface area contributed by atoms with Gasteiger partial charge in [0.25, 0.3) is 0 Å². The van der Waals surface area contributed by atoms with E-state index in [9.17, 15) is 18.0 Å². The number of thioether (sulfide) groups is 1. The van der Waals surface area contributed by atoms with Crippen molar-refractivity contribution in [1.82, 2.24) is 20.1 Å². The molecule has 10 heteroatoms. The number of rotatable bonds is 9. The highest BCUT2D eigenvalue weighted by molar-refractivity contribution is 7.99. The molecule has 1 amide bonds. The summed E-state index contributed by atoms with van der Waals surface area (Å²) >= 11 is 1.09. The Morgan fingerprint density at radius 2 is 1.93 bits per heavy atom. The molecule has 2 N–H and O–H groups in total. The van der Waals surface area contributed by atoms with Gasteiger partial charge in [-0.1, -0.05) is 49.0 Å². The van der Waals surface area contributed by atoms with Gasteiger partial charge in [0.1, 0.15) is 12.6 Å². The Balaban J connectivity index is 2.18. The second-order valence-electron chi connectivity index (χ2n) is 6.63. The number of carbonyl (C=O) groups is 1. The lowest BCUT2D eigenvalue weighted by Gasteiger charge is -2.20. The molecule has 6 nitrogen and oxygen atoms in total. The van der Waals surface area contributed by atoms with Gasteiger partial charge in [-0.2, -0.15) is 13.2 Å². The van der Waals surface area contributed by atoms with Crippen molar-refractivity contribution in [3.63, 3.8) is 0 Å². The van der Waals surface area contributed by atoms with Gasteiger partial charge in [0.15, 0.2) is 11.0 Å². The molecule has 1 atom stereocenters. The normalized spacial score (nSPS) is 13.0. The molecule has 0 spiro atoms. The van der Waals surface area contributed by atoms with E-state index in [0.29, 0.717) is 11.7 Å². The predicted octanol–water partition coefficient (Wildman–Crippen LogP) is 1.69. The molecule has 0 unspecified atom stereocenters. The first kappa shape index (κ1) is 22.2. The van der Waals surface area contributed by atoms with Gasteiger partial charge in [-0.05, 0) is 5.56 Å². The molecular formula is C18H25F3N5OS+. The van der Waals surface area contributed by atoms with E-state index < -0.39 is 18.6 Å². The largest absolute Gasteiger partial charge is 0.405 e. The van der Waals surface area contributed by atoms with Gasteiger partial charge in [0, 0.05) is 6.42 Å². The Hall–Kier alpha value is -2.07. The van der Waals surface area contributed by atoms with Crippen LogP contribution >= 0.6 is 11.8 Å². The van der Waals surface area contributed by atoms with Crippen LogP contribution in [0.5, 0.6) is 0 Å². The fraction of sp³-hybridized carbons (Fsp3) is 0.500. The molecule has 1 aromatic heterocycles. The number of alkyl halides is 3. The van der Waals surface area contributed by atoms with Crippen molar-refractivity contribution in [1.29, 1.82) is 0 Å². The summed E-state index contributed by atoms with van der Waals surface area (Å²) in [5.74, 6) is -0.0535. The van der Waals surface area contributed by atoms with Crippen molar-refractivity contribution < 1.29 is 22.9 Å². The summed E-state index contributed by atoms with van der Waals surface area (Å²) in [7, 11) is 4.07. The Kier molecular flexibility index (Phi) is 7.88. The van der Waals surface area contributed by atoms with E-state index in [4.69, 9.17) is 0 Å². The fourth-order valence-electron chi connectivity index (χ4n) is 2.81. The molecule has 1 heterocycles. The van der Waals surface area contributed by atoms with Crippen LogP contribution in [0, 0.1) is 0 Å². The predicted molar refractivity (Wildman–Crippen MR) is 101 cm³/mol. The topological polar surface area (TPSA) is 64.2 Å². The smallest absolute Gasteiger partial charge is 0.346 e. The number of aromatic nitrogens is 3. The third kappa shape index (κ3) is 6.52. The van der Waals surface area contributed by atoms with Crippen LogP contribution in [-0.4, -0.2) is 53.2 Å². The highest BCUT2D eigenvalue weighted by Gasteiger charge is 2.28. The molecule has 2 rings (SSSR count). The summed E-state index contributed by atoms with van der Waals surface area (Å²) in [4.78, 5) is 12.9. The molecule has 0 aliphatic rings. The Bertz CT molecular complexity index is 764. The van der Waals surface area contributed by atoms with Gasteiger partial charge in [-0.3, -0.25) is 9.36 Å². The summed E-state index contributed by atoms with van der Waals surface area (Å²) in [5, 5.41) is 10.9. The highest BCUT2D eigenvalue weighted by Crippen LogP contribution is 2.22. The van der Waals surface area contributed by atoms with E-state index in [1.165, 1.54) is 4.90 Å². The Labute approximate surface area is 166 Å². The maximum atomic E-state index is 12.2. The number of benzene rings is 1. The quantitative estimate of drug-likeness (QED) is 0.611. The first-order chi connectivity index (χ1) is 13.2. The van der Waals surface area contributed by atoms with Crippen LogP contribution in [0.1, 0.15) is 30.8 Å². The zero-order chi connectivity index (χ0) is 20.7. The minimum absolute atomic E-state index is 0.115. The average molecular weight is 416 g/mol. The van der Waals surface area contributed by atoms with Crippen molar-refractivity contribution >= 4 is 17.7 Å². The molecule has 0 fully saturated rings. The van der Waals surface area contributed by atoms with E-state index in [1.54, 1.807) is 0 Å². The van der Waals surface area contributed by atoms with Gasteiger partial charge in [-0.25, -0.2) is 0 Å². The van der Waals surface area contributed by atoms with Crippen LogP contribution in [0.2, 0.25) is 0 Å². The van der Waals surface area contributed by atoms with Gasteiger partial charge in [0.2, 0.25) is 5.91 Å². The van der Waals surface area contributed by atoms with Gasteiger partial charge < -0.3 is 10.2 Å². The lowest BCUT2D eigenvalue weighted by Crippen LogP contribution is -3.06. The van der Waals surface area contributed by atoms with Crippen LogP contribution in [0.15, 0.2) is 35.5 Å². The number of nitrogens with one attached hydrogen (secondary N) is 2. The second kappa shape index (κ2) is 9.92. The maximum absolute atomic E-state index is 12.2. The Morgan fingerprint density at radius 1 is 1.25 bits per heavy atom. The van der Waals surface area contributed by atoms with Gasteiger partial charge in [-0.15, -0.1) is 10.2 Å². The summed E-state index contributed by atoms with van der Waals surface area (Å²) in [5.41, 5.74) is 1.05. The zero-order valence-corrected chi connectivity index (χ0v) is 16.9. The number of halogens is 3. The molecule has 0 saturated carbocycles. The van der Waals surface area contributed by atoms with Crippen molar-refractivity contribution in [2.45, 2.75) is 37.3 Å². The average Bonchev–Trinajstić information content (AvgIpc) is 3.01. The number of quaternary nitrogens is 1. The van der Waals surface area contributed by atoms with Gasteiger partial charge in [0.05, 0.1) is 26.4 Å². The highest BCUT2D eigenvalue weighted by atomic mass is 32.2. The minimum Gasteiger partial charge on any atom is -0.346 e. The van der Waals surface area contributed by atoms with E-state index >= 15 is 0 Å². The molecule has 0 aliphatic heterocycles. The SMILES string of the molecule is CC[C@H](c1nnc(SCC(=O)NCC(F)(F)F)n1Cc1ccccc1)[NH+](C)C. The first-order valence-electron chi connectivity index (χ1n) is 8.94. The third-order valence-corrected chi connectivity index (χ3v) is 5.13. The molecule has 0 saturated heterocycles. The van der Waals surface area contributed by atoms with Crippen LogP contribution in [0.25, 0.3) is 0 Å². The number of nitrogens with zero attached hydrogens (tertiary/aromatic N) is 3. The van der Waals surface area contributed by atoms with Crippen molar-refractivity contribution in [3.8, 4) is 0 Å². The van der Waals surface area contributed by atoms with Crippen molar-refractivity contribution in [2.24, 2.45) is 0 Å². The molecule has 0 aliphatic carbocycles. The van der Waals surface area contributed by atoms with Crippen molar-refractivity contribution in [2.75, 3.05) is 26.4 Å². The Morgan fingerprint density at radius 3 is 2.50 bits per heavy atom. The van der Waals surface area contributed by atoms with E-state index in [-0.39, 0.29) is 11.8 Å². The maximum Gasteiger partial charge on any atom is 0.405 e. The van der Waals surface area contributed by atoms with E-state index in [2.05, 4.69) is 17.1 Å². The van der Waals surface area contributed by atoms with Crippen LogP contribution < -0.4 is 10.2 Å². The lowest BCUT2D eigenvalue weighted by molar-refractivity contribution is -0.893. The summed E-state index contributed by atoms with van der Waals surface area (Å²) in [6, 6.07) is 9.88.